The summed E-state index contributed by atoms with van der Waals surface area (Å²) in [5.41, 5.74) is 2.01. The Morgan fingerprint density at radius 2 is 2.00 bits per heavy atom. The summed E-state index contributed by atoms with van der Waals surface area (Å²) in [6.45, 7) is 3.63. The minimum absolute atomic E-state index is 0. The van der Waals surface area contributed by atoms with Crippen molar-refractivity contribution < 1.29 is 30.5 Å². The molecule has 1 N–H and O–H groups in total. The van der Waals surface area contributed by atoms with Gasteiger partial charge in [-0.05, 0) is 17.6 Å². The molecule has 21 heavy (non-hydrogen) atoms. The van der Waals surface area contributed by atoms with Crippen molar-refractivity contribution in [2.45, 2.75) is 13.8 Å². The summed E-state index contributed by atoms with van der Waals surface area (Å²) in [6.07, 6.45) is 0. The van der Waals surface area contributed by atoms with Crippen LogP contribution in [-0.2, 0) is 21.1 Å². The maximum atomic E-state index is 12.3. The van der Waals surface area contributed by atoms with E-state index in [9.17, 15) is 4.79 Å². The van der Waals surface area contributed by atoms with E-state index in [0.29, 0.717) is 17.1 Å². The summed E-state index contributed by atoms with van der Waals surface area (Å²) in [5, 5.41) is 12.0. The Balaban J connectivity index is 0.00000161. The fourth-order valence-corrected chi connectivity index (χ4v) is 2.09. The molecule has 0 aliphatic heterocycles. The largest absolute Gasteiger partial charge is 0.310 e. The van der Waals surface area contributed by atoms with Crippen LogP contribution in [0.3, 0.4) is 0 Å². The van der Waals surface area contributed by atoms with Crippen molar-refractivity contribution in [3.05, 3.63) is 53.2 Å². The van der Waals surface area contributed by atoms with Crippen LogP contribution in [0.5, 0.6) is 0 Å². The molecule has 0 unspecified atom stereocenters. The van der Waals surface area contributed by atoms with Gasteiger partial charge >= 0.3 is 0 Å². The smallest absolute Gasteiger partial charge is 0.215 e. The van der Waals surface area contributed by atoms with Crippen molar-refractivity contribution in [2.75, 3.05) is 5.32 Å². The van der Waals surface area contributed by atoms with Gasteiger partial charge in [-0.1, -0.05) is 24.2 Å². The number of amides is 1. The predicted molar refractivity (Wildman–Crippen MR) is 74.5 cm³/mol. The van der Waals surface area contributed by atoms with Crippen LogP contribution >= 0.6 is 0 Å². The minimum atomic E-state index is -0.247. The van der Waals surface area contributed by atoms with Crippen molar-refractivity contribution in [1.82, 2.24) is 10.3 Å². The molecule has 0 saturated heterocycles. The Bertz CT molecular complexity index is 798. The third kappa shape index (κ3) is 2.88. The monoisotopic (exact) mass is 450 g/mol. The number of aromatic nitrogens is 2. The quantitative estimate of drug-likeness (QED) is 0.611. The van der Waals surface area contributed by atoms with Gasteiger partial charge in [0, 0.05) is 21.1 Å². The Hall–Kier alpha value is -2.00. The molecule has 0 fully saturated rings. The summed E-state index contributed by atoms with van der Waals surface area (Å²) in [4.78, 5) is 12.3. The molecule has 5 nitrogen and oxygen atoms in total. The molecule has 1 aromatic heterocycles. The van der Waals surface area contributed by atoms with Gasteiger partial charge in [-0.3, -0.25) is 4.79 Å². The summed E-state index contributed by atoms with van der Waals surface area (Å²) < 4.78 is 4.56. The average Bonchev–Trinajstić information content (AvgIpc) is 2.85. The van der Waals surface area contributed by atoms with Crippen LogP contribution < -0.4 is 5.32 Å². The second-order valence-corrected chi connectivity index (χ2v) is 4.53. The Morgan fingerprint density at radius 3 is 2.71 bits per heavy atom. The van der Waals surface area contributed by atoms with E-state index in [1.807, 2.05) is 31.2 Å². The Kier molecular flexibility index (Phi) is 4.53. The number of hydrogen-bond donors (Lipinski definition) is 1. The molecule has 0 saturated carbocycles. The molecular formula is C15H12N3O2W-. The first-order valence-electron chi connectivity index (χ1n) is 6.17. The molecule has 2 aromatic carbocycles. The number of nitrogens with one attached hydrogen (secondary N) is 1. The van der Waals surface area contributed by atoms with Gasteiger partial charge in [0.15, 0.2) is 5.82 Å². The van der Waals surface area contributed by atoms with E-state index in [2.05, 4.69) is 26.3 Å². The van der Waals surface area contributed by atoms with Crippen molar-refractivity contribution >= 4 is 22.5 Å². The van der Waals surface area contributed by atoms with Crippen LogP contribution in [-0.4, -0.2) is 16.2 Å². The molecule has 6 heteroatoms. The number of nitrogens with zero attached hydrogens (tertiary/aromatic N) is 2. The summed E-state index contributed by atoms with van der Waals surface area (Å²) in [5.74, 6) is 0.0888. The van der Waals surface area contributed by atoms with Crippen LogP contribution in [0, 0.1) is 19.9 Å². The Labute approximate surface area is 136 Å². The molecule has 106 valence electrons. The van der Waals surface area contributed by atoms with E-state index < -0.39 is 0 Å². The number of carbonyl (C=O) groups is 1. The number of rotatable bonds is 2. The van der Waals surface area contributed by atoms with Crippen molar-refractivity contribution in [3.63, 3.8) is 0 Å². The molecule has 1 heterocycles. The topological polar surface area (TPSA) is 68.0 Å². The number of anilines is 1. The molecule has 0 atom stereocenters. The first-order chi connectivity index (χ1) is 9.66. The standard InChI is InChI=1S/C15H12N3O2.W/c1-9-12-6-4-3-5-11(12)7-8-13(9)15(19)16-14-10(2)17-20-18-14;/h3-6,8H,1-2H3,(H,16,18,19);/q-1;. The van der Waals surface area contributed by atoms with Crippen molar-refractivity contribution in [3.8, 4) is 0 Å². The zero-order valence-corrected chi connectivity index (χ0v) is 14.4. The molecule has 0 aliphatic carbocycles. The van der Waals surface area contributed by atoms with Gasteiger partial charge in [0.2, 0.25) is 5.91 Å². The molecule has 0 bridgehead atoms. The van der Waals surface area contributed by atoms with Gasteiger partial charge in [-0.25, -0.2) is 4.63 Å². The van der Waals surface area contributed by atoms with E-state index in [0.717, 1.165) is 16.3 Å². The fourth-order valence-electron chi connectivity index (χ4n) is 2.09. The molecule has 0 radical (unpaired) electrons. The Morgan fingerprint density at radius 1 is 1.24 bits per heavy atom. The normalized spacial score (nSPS) is 10.2. The summed E-state index contributed by atoms with van der Waals surface area (Å²) in [6, 6.07) is 12.6. The van der Waals surface area contributed by atoms with Crippen LogP contribution in [0.25, 0.3) is 10.8 Å². The zero-order chi connectivity index (χ0) is 14.1. The van der Waals surface area contributed by atoms with Gasteiger partial charge in [0.1, 0.15) is 5.69 Å². The van der Waals surface area contributed by atoms with Gasteiger partial charge in [-0.2, -0.15) is 0 Å². The number of hydrogen-bond acceptors (Lipinski definition) is 4. The second kappa shape index (κ2) is 6.18. The van der Waals surface area contributed by atoms with E-state index in [-0.39, 0.29) is 27.0 Å². The van der Waals surface area contributed by atoms with Gasteiger partial charge in [0.25, 0.3) is 0 Å². The predicted octanol–water partition coefficient (Wildman–Crippen LogP) is 2.89. The minimum Gasteiger partial charge on any atom is -0.310 e. The molecule has 0 aliphatic rings. The molecule has 0 spiro atoms. The molecular weight excluding hydrogens is 438 g/mol. The molecule has 3 rings (SSSR count). The van der Waals surface area contributed by atoms with E-state index in [4.69, 9.17) is 0 Å². The summed E-state index contributed by atoms with van der Waals surface area (Å²) in [7, 11) is 0. The maximum absolute atomic E-state index is 12.3. The first-order valence-corrected chi connectivity index (χ1v) is 6.17. The number of benzene rings is 2. The van der Waals surface area contributed by atoms with Crippen LogP contribution in [0.1, 0.15) is 21.6 Å². The van der Waals surface area contributed by atoms with Gasteiger partial charge in [0.05, 0.1) is 0 Å². The van der Waals surface area contributed by atoms with Crippen LogP contribution in [0.2, 0.25) is 0 Å². The van der Waals surface area contributed by atoms with Gasteiger partial charge in [-0.15, -0.1) is 40.6 Å². The first kappa shape index (κ1) is 15.4. The van der Waals surface area contributed by atoms with Crippen LogP contribution in [0.4, 0.5) is 5.82 Å². The van der Waals surface area contributed by atoms with Crippen LogP contribution in [0.15, 0.2) is 35.0 Å². The van der Waals surface area contributed by atoms with E-state index in [1.165, 1.54) is 0 Å². The fraction of sp³-hybridized carbons (Fsp3) is 0.133. The third-order valence-corrected chi connectivity index (χ3v) is 3.24. The SMILES string of the molecule is Cc1nonc1NC(=O)c1c[c-]c2ccccc2c1C.[W]. The summed E-state index contributed by atoms with van der Waals surface area (Å²) >= 11 is 0. The number of carbonyl (C=O) groups excluding carboxylic acids is 1. The average molecular weight is 450 g/mol. The number of fused-ring (bicyclic) bond motifs is 1. The van der Waals surface area contributed by atoms with Crippen molar-refractivity contribution in [2.24, 2.45) is 0 Å². The third-order valence-electron chi connectivity index (χ3n) is 3.24. The molecule has 1 amide bonds. The second-order valence-electron chi connectivity index (χ2n) is 4.53. The zero-order valence-electron chi connectivity index (χ0n) is 11.5. The van der Waals surface area contributed by atoms with E-state index in [1.54, 1.807) is 13.0 Å². The number of aryl methyl sites for hydroxylation is 2. The maximum Gasteiger partial charge on any atom is 0.215 e. The van der Waals surface area contributed by atoms with E-state index >= 15 is 0 Å². The van der Waals surface area contributed by atoms with Gasteiger partial charge < -0.3 is 5.32 Å². The molecule has 3 aromatic rings. The van der Waals surface area contributed by atoms with Crippen molar-refractivity contribution in [1.29, 1.82) is 0 Å².